The Morgan fingerprint density at radius 2 is 2.50 bits per heavy atom. The van der Waals surface area contributed by atoms with E-state index < -0.39 is 5.97 Å². The van der Waals surface area contributed by atoms with E-state index in [0.29, 0.717) is 11.7 Å². The average Bonchev–Trinajstić information content (AvgIpc) is 1.55. The van der Waals surface area contributed by atoms with Crippen molar-refractivity contribution in [2.24, 2.45) is 0 Å². The van der Waals surface area contributed by atoms with Crippen LogP contribution in [0.5, 0.6) is 0 Å². The maximum Gasteiger partial charge on any atom is 0.304 e. The Kier molecular flexibility index (Phi) is 2.08. The van der Waals surface area contributed by atoms with Crippen LogP contribution in [0.2, 0.25) is 0 Å². The number of hydrogen-bond acceptors (Lipinski definition) is 3. The molecule has 0 aromatic heterocycles. The van der Waals surface area contributed by atoms with E-state index in [1.165, 1.54) is 0 Å². The van der Waals surface area contributed by atoms with Crippen molar-refractivity contribution in [2.75, 3.05) is 5.75 Å². The molecule has 0 saturated carbocycles. The topological polar surface area (TPSA) is 37.3 Å². The van der Waals surface area contributed by atoms with E-state index in [2.05, 4.69) is 0 Å². The van der Waals surface area contributed by atoms with Crippen molar-refractivity contribution in [3.05, 3.63) is 0 Å². The van der Waals surface area contributed by atoms with E-state index in [1.807, 2.05) is 0 Å². The SMILES string of the molecule is O=C(O)CC1CSS1. The smallest absolute Gasteiger partial charge is 0.304 e. The molecule has 1 N–H and O–H groups in total. The summed E-state index contributed by atoms with van der Waals surface area (Å²) in [6.07, 6.45) is 0.331. The third kappa shape index (κ3) is 1.59. The van der Waals surface area contributed by atoms with Crippen molar-refractivity contribution in [1.29, 1.82) is 0 Å². The van der Waals surface area contributed by atoms with E-state index in [4.69, 9.17) is 5.11 Å². The lowest BCUT2D eigenvalue weighted by Gasteiger charge is -2.20. The predicted molar refractivity (Wildman–Crippen MR) is 36.1 cm³/mol. The van der Waals surface area contributed by atoms with Gasteiger partial charge in [0, 0.05) is 11.0 Å². The minimum atomic E-state index is -0.678. The Bertz CT molecular complexity index is 100. The number of carboxylic acids is 1. The van der Waals surface area contributed by atoms with Crippen LogP contribution < -0.4 is 0 Å². The van der Waals surface area contributed by atoms with Gasteiger partial charge in [-0.2, -0.15) is 0 Å². The van der Waals surface area contributed by atoms with Gasteiger partial charge in [0.2, 0.25) is 0 Å². The highest BCUT2D eigenvalue weighted by Gasteiger charge is 2.21. The Hall–Kier alpha value is 0.170. The fourth-order valence-corrected chi connectivity index (χ4v) is 2.30. The molecule has 1 aliphatic heterocycles. The first kappa shape index (κ1) is 6.29. The van der Waals surface area contributed by atoms with Crippen molar-refractivity contribution in [3.63, 3.8) is 0 Å². The number of rotatable bonds is 2. The molecule has 0 aromatic carbocycles. The van der Waals surface area contributed by atoms with Crippen LogP contribution in [0.25, 0.3) is 0 Å². The average molecular weight is 150 g/mol. The molecule has 0 bridgehead atoms. The lowest BCUT2D eigenvalue weighted by atomic mass is 10.3. The standard InChI is InChI=1S/C4H6O2S2/c5-4(6)1-3-2-7-8-3/h3H,1-2H2,(H,5,6). The minimum Gasteiger partial charge on any atom is -0.481 e. The van der Waals surface area contributed by atoms with Crippen LogP contribution in [0.15, 0.2) is 0 Å². The third-order valence-electron chi connectivity index (χ3n) is 0.860. The largest absolute Gasteiger partial charge is 0.481 e. The number of carboxylic acid groups (broad SMARTS) is 1. The zero-order valence-corrected chi connectivity index (χ0v) is 5.80. The van der Waals surface area contributed by atoms with Gasteiger partial charge in [-0.15, -0.1) is 0 Å². The van der Waals surface area contributed by atoms with Gasteiger partial charge < -0.3 is 5.11 Å². The van der Waals surface area contributed by atoms with Crippen molar-refractivity contribution < 1.29 is 9.90 Å². The first-order chi connectivity index (χ1) is 3.79. The maximum absolute atomic E-state index is 9.98. The molecular formula is C4H6O2S2. The van der Waals surface area contributed by atoms with E-state index in [9.17, 15) is 4.79 Å². The molecule has 1 saturated heterocycles. The number of hydrogen-bond donors (Lipinski definition) is 1. The summed E-state index contributed by atoms with van der Waals surface area (Å²) in [6.45, 7) is 0. The second kappa shape index (κ2) is 2.64. The van der Waals surface area contributed by atoms with Gasteiger partial charge >= 0.3 is 5.97 Å². The molecule has 1 unspecified atom stereocenters. The highest BCUT2D eigenvalue weighted by atomic mass is 33.1. The molecule has 1 heterocycles. The van der Waals surface area contributed by atoms with E-state index in [1.54, 1.807) is 21.6 Å². The second-order valence-electron chi connectivity index (χ2n) is 1.60. The fraction of sp³-hybridized carbons (Fsp3) is 0.750. The third-order valence-corrected chi connectivity index (χ3v) is 3.98. The summed E-state index contributed by atoms with van der Waals surface area (Å²) in [7, 11) is 3.41. The van der Waals surface area contributed by atoms with Gasteiger partial charge in [0.05, 0.1) is 6.42 Å². The van der Waals surface area contributed by atoms with Crippen LogP contribution in [-0.2, 0) is 4.79 Å². The molecule has 8 heavy (non-hydrogen) atoms. The van der Waals surface area contributed by atoms with Gasteiger partial charge in [-0.1, -0.05) is 21.6 Å². The van der Waals surface area contributed by atoms with Crippen LogP contribution in [0.1, 0.15) is 6.42 Å². The lowest BCUT2D eigenvalue weighted by molar-refractivity contribution is -0.136. The normalized spacial score (nSPS) is 26.8. The lowest BCUT2D eigenvalue weighted by Crippen LogP contribution is -2.16. The highest BCUT2D eigenvalue weighted by Crippen LogP contribution is 2.41. The molecule has 46 valence electrons. The van der Waals surface area contributed by atoms with Crippen molar-refractivity contribution >= 4 is 27.6 Å². The monoisotopic (exact) mass is 150 g/mol. The molecule has 0 aliphatic carbocycles. The Balaban J connectivity index is 2.09. The van der Waals surface area contributed by atoms with Crippen molar-refractivity contribution in [2.45, 2.75) is 11.7 Å². The molecule has 4 heteroatoms. The summed E-state index contributed by atoms with van der Waals surface area (Å²) >= 11 is 0. The maximum atomic E-state index is 9.98. The van der Waals surface area contributed by atoms with E-state index in [0.717, 1.165) is 5.75 Å². The summed E-state index contributed by atoms with van der Waals surface area (Å²) in [4.78, 5) is 9.98. The summed E-state index contributed by atoms with van der Waals surface area (Å²) in [5.74, 6) is 0.333. The Morgan fingerprint density at radius 1 is 1.88 bits per heavy atom. The first-order valence-electron chi connectivity index (χ1n) is 2.29. The van der Waals surface area contributed by atoms with Crippen molar-refractivity contribution in [1.82, 2.24) is 0 Å². The van der Waals surface area contributed by atoms with Gasteiger partial charge in [-0.25, -0.2) is 0 Å². The van der Waals surface area contributed by atoms with Crippen molar-refractivity contribution in [3.8, 4) is 0 Å². The molecule has 0 spiro atoms. The van der Waals surface area contributed by atoms with E-state index in [-0.39, 0.29) is 0 Å². The molecular weight excluding hydrogens is 144 g/mol. The van der Waals surface area contributed by atoms with Crippen LogP contribution in [0, 0.1) is 0 Å². The summed E-state index contributed by atoms with van der Waals surface area (Å²) in [5.41, 5.74) is 0. The van der Waals surface area contributed by atoms with Gasteiger partial charge in [0.25, 0.3) is 0 Å². The molecule has 1 aliphatic rings. The number of aliphatic carboxylic acids is 1. The second-order valence-corrected chi connectivity index (χ2v) is 4.31. The molecule has 1 atom stereocenters. The molecule has 1 fully saturated rings. The minimum absolute atomic E-state index is 0.331. The molecule has 1 rings (SSSR count). The summed E-state index contributed by atoms with van der Waals surface area (Å²) in [5, 5.41) is 8.61. The molecule has 0 radical (unpaired) electrons. The van der Waals surface area contributed by atoms with Crippen LogP contribution in [0.3, 0.4) is 0 Å². The van der Waals surface area contributed by atoms with Crippen LogP contribution in [0.4, 0.5) is 0 Å². The van der Waals surface area contributed by atoms with Gasteiger partial charge in [0.1, 0.15) is 0 Å². The van der Waals surface area contributed by atoms with Gasteiger partial charge in [-0.3, -0.25) is 4.79 Å². The Labute approximate surface area is 55.4 Å². The summed E-state index contributed by atoms with van der Waals surface area (Å²) in [6, 6.07) is 0. The first-order valence-corrected chi connectivity index (χ1v) is 4.67. The molecule has 0 amide bonds. The van der Waals surface area contributed by atoms with Gasteiger partial charge in [0.15, 0.2) is 0 Å². The van der Waals surface area contributed by atoms with Gasteiger partial charge in [-0.05, 0) is 0 Å². The zero-order valence-electron chi connectivity index (χ0n) is 4.16. The van der Waals surface area contributed by atoms with Crippen LogP contribution in [-0.4, -0.2) is 22.1 Å². The highest BCUT2D eigenvalue weighted by molar-refractivity contribution is 8.79. The number of carbonyl (C=O) groups is 1. The van der Waals surface area contributed by atoms with E-state index >= 15 is 0 Å². The predicted octanol–water partition coefficient (Wildman–Crippen LogP) is 1.22. The summed E-state index contributed by atoms with van der Waals surface area (Å²) < 4.78 is 0. The molecule has 2 nitrogen and oxygen atoms in total. The Morgan fingerprint density at radius 3 is 2.62 bits per heavy atom. The molecule has 0 aromatic rings. The zero-order chi connectivity index (χ0) is 5.98. The fourth-order valence-electron chi connectivity index (χ4n) is 0.452. The quantitative estimate of drug-likeness (QED) is 0.601. The van der Waals surface area contributed by atoms with Crippen LogP contribution >= 0.6 is 21.6 Å².